The molecule has 2 nitrogen and oxygen atoms in total. The second-order valence-corrected chi connectivity index (χ2v) is 4.95. The Labute approximate surface area is 131 Å². The molecular weight excluding hydrogens is 272 g/mol. The minimum Gasteiger partial charge on any atom is -0.496 e. The zero-order chi connectivity index (χ0) is 15.4. The monoisotopic (exact) mass is 290 g/mol. The molecule has 3 aromatic rings. The first-order valence-electron chi connectivity index (χ1n) is 7.21. The molecule has 0 radical (unpaired) electrons. The maximum atomic E-state index is 5.52. The lowest BCUT2D eigenvalue weighted by Crippen LogP contribution is -1.92. The number of hydrogen-bond acceptors (Lipinski definition) is 2. The first-order chi connectivity index (χ1) is 10.8. The maximum Gasteiger partial charge on any atom is 0.126 e. The van der Waals surface area contributed by atoms with Crippen molar-refractivity contribution in [2.45, 2.75) is 0 Å². The highest BCUT2D eigenvalue weighted by Gasteiger charge is 2.13. The average Bonchev–Trinajstić information content (AvgIpc) is 2.61. The summed E-state index contributed by atoms with van der Waals surface area (Å²) in [5.74, 6) is 1.73. The van der Waals surface area contributed by atoms with Crippen molar-refractivity contribution in [2.75, 3.05) is 14.2 Å². The number of rotatable bonds is 4. The van der Waals surface area contributed by atoms with E-state index in [4.69, 9.17) is 9.47 Å². The van der Waals surface area contributed by atoms with E-state index in [9.17, 15) is 0 Å². The van der Waals surface area contributed by atoms with Crippen molar-refractivity contribution in [1.29, 1.82) is 0 Å². The Kier molecular flexibility index (Phi) is 4.10. The number of hydrogen-bond donors (Lipinski definition) is 0. The van der Waals surface area contributed by atoms with E-state index < -0.39 is 0 Å². The van der Waals surface area contributed by atoms with Crippen LogP contribution in [0.5, 0.6) is 11.5 Å². The fraction of sp³-hybridized carbons (Fsp3) is 0.100. The average molecular weight is 290 g/mol. The van der Waals surface area contributed by atoms with Gasteiger partial charge in [0.25, 0.3) is 0 Å². The Balaban J connectivity index is 2.23. The van der Waals surface area contributed by atoms with Crippen LogP contribution >= 0.6 is 0 Å². The molecule has 0 spiro atoms. The van der Waals surface area contributed by atoms with Gasteiger partial charge in [0.2, 0.25) is 0 Å². The molecule has 0 aliphatic heterocycles. The van der Waals surface area contributed by atoms with E-state index in [1.807, 2.05) is 48.5 Å². The number of benzene rings is 3. The predicted octanol–water partition coefficient (Wildman–Crippen LogP) is 5.04. The number of methoxy groups -OCH3 is 2. The highest BCUT2D eigenvalue weighted by atomic mass is 16.5. The van der Waals surface area contributed by atoms with Crippen molar-refractivity contribution in [3.8, 4) is 33.8 Å². The molecule has 0 aromatic heterocycles. The van der Waals surface area contributed by atoms with Crippen LogP contribution in [0.15, 0.2) is 72.8 Å². The Morgan fingerprint density at radius 2 is 0.773 bits per heavy atom. The van der Waals surface area contributed by atoms with Gasteiger partial charge in [-0.3, -0.25) is 0 Å². The summed E-state index contributed by atoms with van der Waals surface area (Å²) < 4.78 is 11.0. The summed E-state index contributed by atoms with van der Waals surface area (Å²) in [5.41, 5.74) is 4.41. The molecule has 3 rings (SSSR count). The fourth-order valence-electron chi connectivity index (χ4n) is 2.69. The highest BCUT2D eigenvalue weighted by Crippen LogP contribution is 2.40. The molecule has 3 aromatic carbocycles. The van der Waals surface area contributed by atoms with E-state index in [1.54, 1.807) is 14.2 Å². The number of ether oxygens (including phenoxy) is 2. The third-order valence-electron chi connectivity index (χ3n) is 3.72. The Morgan fingerprint density at radius 3 is 1.14 bits per heavy atom. The van der Waals surface area contributed by atoms with Crippen molar-refractivity contribution in [3.63, 3.8) is 0 Å². The van der Waals surface area contributed by atoms with Crippen molar-refractivity contribution in [3.05, 3.63) is 72.8 Å². The zero-order valence-corrected chi connectivity index (χ0v) is 12.7. The molecule has 2 heteroatoms. The summed E-state index contributed by atoms with van der Waals surface area (Å²) in [6, 6.07) is 24.4. The van der Waals surface area contributed by atoms with Crippen LogP contribution < -0.4 is 9.47 Å². The van der Waals surface area contributed by atoms with E-state index in [0.717, 1.165) is 33.8 Å². The Morgan fingerprint density at radius 1 is 0.455 bits per heavy atom. The lowest BCUT2D eigenvalue weighted by atomic mass is 9.93. The van der Waals surface area contributed by atoms with Crippen molar-refractivity contribution in [2.24, 2.45) is 0 Å². The van der Waals surface area contributed by atoms with Crippen LogP contribution in [-0.4, -0.2) is 14.2 Å². The van der Waals surface area contributed by atoms with Gasteiger partial charge in [0.15, 0.2) is 0 Å². The Hall–Kier alpha value is -2.74. The molecule has 0 saturated heterocycles. The normalized spacial score (nSPS) is 10.3. The predicted molar refractivity (Wildman–Crippen MR) is 90.4 cm³/mol. The lowest BCUT2D eigenvalue weighted by molar-refractivity contribution is 0.416. The molecule has 0 fully saturated rings. The van der Waals surface area contributed by atoms with Crippen LogP contribution in [-0.2, 0) is 0 Å². The standard InChI is InChI=1S/C20H18O2/c1-21-19-13-7-5-11-17(19)15-9-3-4-10-16(15)18-12-6-8-14-20(18)22-2/h3-14H,1-2H3. The molecule has 0 aliphatic rings. The van der Waals surface area contributed by atoms with Crippen molar-refractivity contribution >= 4 is 0 Å². The first-order valence-corrected chi connectivity index (χ1v) is 7.21. The van der Waals surface area contributed by atoms with Crippen LogP contribution in [0.4, 0.5) is 0 Å². The van der Waals surface area contributed by atoms with Gasteiger partial charge >= 0.3 is 0 Å². The molecule has 110 valence electrons. The van der Waals surface area contributed by atoms with Gasteiger partial charge in [-0.25, -0.2) is 0 Å². The molecule has 0 heterocycles. The van der Waals surface area contributed by atoms with E-state index in [-0.39, 0.29) is 0 Å². The van der Waals surface area contributed by atoms with Gasteiger partial charge in [-0.15, -0.1) is 0 Å². The summed E-state index contributed by atoms with van der Waals surface area (Å²) in [4.78, 5) is 0. The van der Waals surface area contributed by atoms with Gasteiger partial charge in [0, 0.05) is 11.1 Å². The van der Waals surface area contributed by atoms with E-state index in [2.05, 4.69) is 24.3 Å². The van der Waals surface area contributed by atoms with Gasteiger partial charge < -0.3 is 9.47 Å². The second kappa shape index (κ2) is 6.35. The van der Waals surface area contributed by atoms with Crippen molar-refractivity contribution in [1.82, 2.24) is 0 Å². The molecule has 0 atom stereocenters. The van der Waals surface area contributed by atoms with Gasteiger partial charge in [0.05, 0.1) is 14.2 Å². The topological polar surface area (TPSA) is 18.5 Å². The minimum absolute atomic E-state index is 0.866. The third kappa shape index (κ3) is 2.56. The van der Waals surface area contributed by atoms with Crippen LogP contribution in [0.25, 0.3) is 22.3 Å². The molecule has 22 heavy (non-hydrogen) atoms. The van der Waals surface area contributed by atoms with Gasteiger partial charge in [0.1, 0.15) is 11.5 Å². The molecule has 0 saturated carbocycles. The maximum absolute atomic E-state index is 5.52. The summed E-state index contributed by atoms with van der Waals surface area (Å²) in [6.07, 6.45) is 0. The van der Waals surface area contributed by atoms with Crippen LogP contribution in [0.1, 0.15) is 0 Å². The molecule has 0 unspecified atom stereocenters. The number of para-hydroxylation sites is 2. The molecule has 0 bridgehead atoms. The van der Waals surface area contributed by atoms with Crippen LogP contribution in [0.2, 0.25) is 0 Å². The summed E-state index contributed by atoms with van der Waals surface area (Å²) in [5, 5.41) is 0. The molecule has 0 N–H and O–H groups in total. The Bertz CT molecular complexity index is 711. The quantitative estimate of drug-likeness (QED) is 0.670. The van der Waals surface area contributed by atoms with E-state index >= 15 is 0 Å². The SMILES string of the molecule is COc1ccccc1-c1ccccc1-c1ccccc1OC. The van der Waals surface area contributed by atoms with Crippen LogP contribution in [0.3, 0.4) is 0 Å². The fourth-order valence-corrected chi connectivity index (χ4v) is 2.69. The smallest absolute Gasteiger partial charge is 0.126 e. The minimum atomic E-state index is 0.866. The van der Waals surface area contributed by atoms with E-state index in [0.29, 0.717) is 0 Å². The molecule has 0 aliphatic carbocycles. The molecule has 0 amide bonds. The van der Waals surface area contributed by atoms with Crippen LogP contribution in [0, 0.1) is 0 Å². The lowest BCUT2D eigenvalue weighted by Gasteiger charge is -2.15. The van der Waals surface area contributed by atoms with Gasteiger partial charge in [-0.05, 0) is 23.3 Å². The first kappa shape index (κ1) is 14.2. The summed E-state index contributed by atoms with van der Waals surface area (Å²) in [7, 11) is 3.40. The van der Waals surface area contributed by atoms with Gasteiger partial charge in [-0.2, -0.15) is 0 Å². The second-order valence-electron chi connectivity index (χ2n) is 4.95. The largest absolute Gasteiger partial charge is 0.496 e. The van der Waals surface area contributed by atoms with E-state index in [1.165, 1.54) is 0 Å². The summed E-state index contributed by atoms with van der Waals surface area (Å²) in [6.45, 7) is 0. The highest BCUT2D eigenvalue weighted by molar-refractivity contribution is 5.88. The van der Waals surface area contributed by atoms with Gasteiger partial charge in [-0.1, -0.05) is 60.7 Å². The zero-order valence-electron chi connectivity index (χ0n) is 12.7. The van der Waals surface area contributed by atoms with Crippen molar-refractivity contribution < 1.29 is 9.47 Å². The molecular formula is C20H18O2. The third-order valence-corrected chi connectivity index (χ3v) is 3.72. The summed E-state index contributed by atoms with van der Waals surface area (Å²) >= 11 is 0.